The van der Waals surface area contributed by atoms with E-state index in [0.29, 0.717) is 5.95 Å². The fraction of sp³-hybridized carbons (Fsp3) is 0.200. The van der Waals surface area contributed by atoms with Gasteiger partial charge in [0.15, 0.2) is 0 Å². The number of anilines is 1. The molecule has 2 heterocycles. The second kappa shape index (κ2) is 7.41. The van der Waals surface area contributed by atoms with E-state index < -0.39 is 21.8 Å². The minimum absolute atomic E-state index is 0.00867. The molecule has 1 aromatic heterocycles. The molecule has 29 heavy (non-hydrogen) atoms. The normalized spacial score (nSPS) is 15.1. The van der Waals surface area contributed by atoms with Crippen LogP contribution in [0.4, 0.5) is 10.3 Å². The van der Waals surface area contributed by atoms with Crippen LogP contribution in [0.5, 0.6) is 0 Å². The minimum atomic E-state index is -3.73. The van der Waals surface area contributed by atoms with Crippen molar-refractivity contribution in [2.45, 2.75) is 4.90 Å². The summed E-state index contributed by atoms with van der Waals surface area (Å²) in [6.07, 6.45) is 1.68. The number of nitrogens with one attached hydrogen (secondary N) is 1. The topological polar surface area (TPSA) is 84.3 Å². The van der Waals surface area contributed by atoms with Crippen LogP contribution in [0.15, 0.2) is 65.7 Å². The van der Waals surface area contributed by atoms with Crippen molar-refractivity contribution in [3.63, 3.8) is 0 Å². The Morgan fingerprint density at radius 2 is 1.76 bits per heavy atom. The molecule has 1 fully saturated rings. The second-order valence-electron chi connectivity index (χ2n) is 6.85. The van der Waals surface area contributed by atoms with Gasteiger partial charge in [0.25, 0.3) is 0 Å². The summed E-state index contributed by atoms with van der Waals surface area (Å²) >= 11 is 0. The summed E-state index contributed by atoms with van der Waals surface area (Å²) in [7, 11) is -1.93. The maximum Gasteiger partial charge on any atom is 0.243 e. The van der Waals surface area contributed by atoms with E-state index in [-0.39, 0.29) is 23.9 Å². The standard InChI is InChI=1S/C20H19FN4O3S/c1-24-18(14-5-3-2-4-6-14)11-22-20(24)23-19(26)15-12-25(13-15)29(27,28)17-9-7-16(21)8-10-17/h2-11,15H,12-13H2,1H3,(H,22,23,26). The molecule has 2 aromatic carbocycles. The number of hydrogen-bond donors (Lipinski definition) is 1. The van der Waals surface area contributed by atoms with Gasteiger partial charge >= 0.3 is 0 Å². The Labute approximate surface area is 167 Å². The zero-order valence-corrected chi connectivity index (χ0v) is 16.4. The second-order valence-corrected chi connectivity index (χ2v) is 8.79. The molecule has 0 bridgehead atoms. The highest BCUT2D eigenvalue weighted by Gasteiger charge is 2.40. The first-order chi connectivity index (χ1) is 13.9. The van der Waals surface area contributed by atoms with E-state index in [0.717, 1.165) is 23.4 Å². The SMILES string of the molecule is Cn1c(-c2ccccc2)cnc1NC(=O)C1CN(S(=O)(=O)c2ccc(F)cc2)C1. The molecule has 1 amide bonds. The highest BCUT2D eigenvalue weighted by atomic mass is 32.2. The Morgan fingerprint density at radius 1 is 1.10 bits per heavy atom. The average Bonchev–Trinajstić information content (AvgIpc) is 3.02. The molecule has 1 aliphatic rings. The third kappa shape index (κ3) is 3.66. The molecule has 0 saturated carbocycles. The Bertz CT molecular complexity index is 1140. The summed E-state index contributed by atoms with van der Waals surface area (Å²) in [4.78, 5) is 16.8. The zero-order valence-electron chi connectivity index (χ0n) is 15.6. The van der Waals surface area contributed by atoms with E-state index in [1.807, 2.05) is 30.3 Å². The maximum absolute atomic E-state index is 13.0. The highest BCUT2D eigenvalue weighted by molar-refractivity contribution is 7.89. The van der Waals surface area contributed by atoms with Gasteiger partial charge in [0.05, 0.1) is 22.7 Å². The van der Waals surface area contributed by atoms with Gasteiger partial charge in [-0.3, -0.25) is 10.1 Å². The summed E-state index contributed by atoms with van der Waals surface area (Å²) in [5.74, 6) is -0.866. The number of carbonyl (C=O) groups is 1. The number of nitrogens with zero attached hydrogens (tertiary/aromatic N) is 3. The van der Waals surface area contributed by atoms with Gasteiger partial charge in [-0.15, -0.1) is 0 Å². The van der Waals surface area contributed by atoms with Crippen LogP contribution in [0.3, 0.4) is 0 Å². The third-order valence-corrected chi connectivity index (χ3v) is 6.81. The molecule has 0 atom stereocenters. The summed E-state index contributed by atoms with van der Waals surface area (Å²) in [5, 5.41) is 2.76. The van der Waals surface area contributed by atoms with Crippen LogP contribution in [-0.2, 0) is 21.9 Å². The maximum atomic E-state index is 13.0. The number of rotatable bonds is 5. The van der Waals surface area contributed by atoms with Crippen molar-refractivity contribution in [2.75, 3.05) is 18.4 Å². The predicted molar refractivity (Wildman–Crippen MR) is 106 cm³/mol. The molecule has 3 aromatic rings. The number of imidazole rings is 1. The molecule has 0 radical (unpaired) electrons. The quantitative estimate of drug-likeness (QED) is 0.695. The van der Waals surface area contributed by atoms with E-state index in [2.05, 4.69) is 10.3 Å². The highest BCUT2D eigenvalue weighted by Crippen LogP contribution is 2.27. The number of carbonyl (C=O) groups excluding carboxylic acids is 1. The third-order valence-electron chi connectivity index (χ3n) is 4.96. The van der Waals surface area contributed by atoms with Crippen molar-refractivity contribution in [1.29, 1.82) is 0 Å². The van der Waals surface area contributed by atoms with Crippen molar-refractivity contribution >= 4 is 21.9 Å². The number of hydrogen-bond acceptors (Lipinski definition) is 4. The average molecular weight is 414 g/mol. The molecule has 0 unspecified atom stereocenters. The zero-order chi connectivity index (χ0) is 20.6. The lowest BCUT2D eigenvalue weighted by Gasteiger charge is -2.36. The summed E-state index contributed by atoms with van der Waals surface area (Å²) in [5.41, 5.74) is 1.83. The van der Waals surface area contributed by atoms with E-state index in [1.54, 1.807) is 17.8 Å². The largest absolute Gasteiger partial charge is 0.313 e. The Balaban J connectivity index is 1.40. The lowest BCUT2D eigenvalue weighted by atomic mass is 10.0. The Kier molecular flexibility index (Phi) is 4.93. The van der Waals surface area contributed by atoms with Crippen molar-refractivity contribution in [1.82, 2.24) is 13.9 Å². The Hall–Kier alpha value is -3.04. The predicted octanol–water partition coefficient (Wildman–Crippen LogP) is 2.49. The first-order valence-electron chi connectivity index (χ1n) is 9.00. The van der Waals surface area contributed by atoms with Gasteiger partial charge < -0.3 is 4.57 Å². The van der Waals surface area contributed by atoms with E-state index in [9.17, 15) is 17.6 Å². The molecular weight excluding hydrogens is 395 g/mol. The number of benzene rings is 2. The smallest absolute Gasteiger partial charge is 0.243 e. The molecule has 1 N–H and O–H groups in total. The summed E-state index contributed by atoms with van der Waals surface area (Å²) in [6, 6.07) is 14.3. The minimum Gasteiger partial charge on any atom is -0.313 e. The Morgan fingerprint density at radius 3 is 2.41 bits per heavy atom. The fourth-order valence-corrected chi connectivity index (χ4v) is 4.70. The molecule has 1 aliphatic heterocycles. The van der Waals surface area contributed by atoms with Crippen LogP contribution in [0, 0.1) is 11.7 Å². The van der Waals surface area contributed by atoms with Crippen LogP contribution in [-0.4, -0.2) is 41.3 Å². The van der Waals surface area contributed by atoms with Gasteiger partial charge in [0.1, 0.15) is 5.82 Å². The molecule has 4 rings (SSSR count). The lowest BCUT2D eigenvalue weighted by molar-refractivity contribution is -0.122. The number of amides is 1. The van der Waals surface area contributed by atoms with Crippen LogP contribution < -0.4 is 5.32 Å². The molecular formula is C20H19FN4O3S. The van der Waals surface area contributed by atoms with Crippen molar-refractivity contribution in [3.8, 4) is 11.3 Å². The van der Waals surface area contributed by atoms with Gasteiger partial charge in [-0.1, -0.05) is 30.3 Å². The van der Waals surface area contributed by atoms with Gasteiger partial charge in [0.2, 0.25) is 21.9 Å². The van der Waals surface area contributed by atoms with Gasteiger partial charge in [-0.05, 0) is 29.8 Å². The van der Waals surface area contributed by atoms with Gasteiger partial charge in [0, 0.05) is 20.1 Å². The first-order valence-corrected chi connectivity index (χ1v) is 10.4. The van der Waals surface area contributed by atoms with Gasteiger partial charge in [-0.25, -0.2) is 17.8 Å². The summed E-state index contributed by atoms with van der Waals surface area (Å²) < 4.78 is 41.0. The van der Waals surface area contributed by atoms with Crippen LogP contribution in [0.1, 0.15) is 0 Å². The van der Waals surface area contributed by atoms with E-state index >= 15 is 0 Å². The molecule has 0 spiro atoms. The van der Waals surface area contributed by atoms with Crippen LogP contribution >= 0.6 is 0 Å². The monoisotopic (exact) mass is 414 g/mol. The molecule has 7 nitrogen and oxygen atoms in total. The number of halogens is 1. The molecule has 150 valence electrons. The van der Waals surface area contributed by atoms with Crippen LogP contribution in [0.25, 0.3) is 11.3 Å². The summed E-state index contributed by atoms with van der Waals surface area (Å²) in [6.45, 7) is 0.142. The lowest BCUT2D eigenvalue weighted by Crippen LogP contribution is -2.54. The first kappa shape index (κ1) is 19.3. The number of sulfonamides is 1. The van der Waals surface area contributed by atoms with E-state index in [4.69, 9.17) is 0 Å². The van der Waals surface area contributed by atoms with E-state index in [1.165, 1.54) is 16.4 Å². The number of aromatic nitrogens is 2. The van der Waals surface area contributed by atoms with Crippen molar-refractivity contribution in [2.24, 2.45) is 13.0 Å². The molecule has 0 aliphatic carbocycles. The molecule has 9 heteroatoms. The molecule has 1 saturated heterocycles. The van der Waals surface area contributed by atoms with Crippen LogP contribution in [0.2, 0.25) is 0 Å². The van der Waals surface area contributed by atoms with Gasteiger partial charge in [-0.2, -0.15) is 4.31 Å². The fourth-order valence-electron chi connectivity index (χ4n) is 3.17. The van der Waals surface area contributed by atoms with Crippen molar-refractivity contribution < 1.29 is 17.6 Å². The van der Waals surface area contributed by atoms with Crippen molar-refractivity contribution in [3.05, 3.63) is 66.6 Å².